The molecule has 0 spiro atoms. The van der Waals surface area contributed by atoms with Gasteiger partial charge in [0.25, 0.3) is 10.0 Å². The molecule has 9 heteroatoms. The number of likely N-dealkylation sites (tertiary alicyclic amines) is 1. The fraction of sp³-hybridized carbons (Fsp3) is 0.400. The summed E-state index contributed by atoms with van der Waals surface area (Å²) in [5, 5.41) is 0. The molecule has 178 valence electrons. The Morgan fingerprint density at radius 2 is 1.88 bits per heavy atom. The number of rotatable bonds is 5. The molecule has 0 bridgehead atoms. The van der Waals surface area contributed by atoms with Crippen LogP contribution in [0.5, 0.6) is 0 Å². The van der Waals surface area contributed by atoms with E-state index in [0.717, 1.165) is 36.3 Å². The molecule has 8 nitrogen and oxygen atoms in total. The summed E-state index contributed by atoms with van der Waals surface area (Å²) in [7, 11) is -3.66. The number of piperidine rings is 1. The predicted molar refractivity (Wildman–Crippen MR) is 129 cm³/mol. The van der Waals surface area contributed by atoms with Gasteiger partial charge in [0.15, 0.2) is 11.5 Å². The van der Waals surface area contributed by atoms with E-state index in [1.54, 1.807) is 24.3 Å². The van der Waals surface area contributed by atoms with Crippen molar-refractivity contribution >= 4 is 32.9 Å². The van der Waals surface area contributed by atoms with Crippen molar-refractivity contribution in [3.8, 4) is 0 Å². The first-order chi connectivity index (χ1) is 16.4. The van der Waals surface area contributed by atoms with Gasteiger partial charge in [-0.15, -0.1) is 0 Å². The number of para-hydroxylation sites is 2. The van der Waals surface area contributed by atoms with Crippen LogP contribution in [0.3, 0.4) is 0 Å². The van der Waals surface area contributed by atoms with E-state index in [0.29, 0.717) is 18.7 Å². The van der Waals surface area contributed by atoms with Gasteiger partial charge in [0.05, 0.1) is 4.90 Å². The number of carbonyl (C=O) groups excluding carboxylic acids is 1. The molecule has 3 aromatic rings. The Morgan fingerprint density at radius 1 is 1.18 bits per heavy atom. The molecular formula is C25H28N4O4S. The number of carbonyl (C=O) groups is 1. The van der Waals surface area contributed by atoms with E-state index in [4.69, 9.17) is 4.42 Å². The molecule has 2 atom stereocenters. The van der Waals surface area contributed by atoms with Gasteiger partial charge in [-0.2, -0.15) is 0 Å². The molecule has 1 N–H and O–H groups in total. The van der Waals surface area contributed by atoms with Gasteiger partial charge in [-0.3, -0.25) is 14.5 Å². The van der Waals surface area contributed by atoms with Gasteiger partial charge in [0.1, 0.15) is 17.4 Å². The minimum Gasteiger partial charge on any atom is -0.440 e. The number of oxazole rings is 1. The first-order valence-corrected chi connectivity index (χ1v) is 13.2. The molecular weight excluding hydrogens is 452 g/mol. The van der Waals surface area contributed by atoms with Crippen LogP contribution in [0.15, 0.2) is 62.8 Å². The first-order valence-electron chi connectivity index (χ1n) is 11.7. The lowest BCUT2D eigenvalue weighted by Crippen LogP contribution is -2.45. The number of hydrogen-bond donors (Lipinski definition) is 1. The lowest BCUT2D eigenvalue weighted by atomic mass is 9.93. The fourth-order valence-electron chi connectivity index (χ4n) is 4.62. The number of sulfonamides is 1. The Labute approximate surface area is 199 Å². The Bertz CT molecular complexity index is 1320. The van der Waals surface area contributed by atoms with Gasteiger partial charge in [0.2, 0.25) is 5.91 Å². The molecule has 2 aliphatic rings. The molecule has 0 aliphatic carbocycles. The minimum atomic E-state index is -3.66. The third-order valence-corrected chi connectivity index (χ3v) is 8.23. The third-order valence-electron chi connectivity index (χ3n) is 6.83. The zero-order valence-corrected chi connectivity index (χ0v) is 20.1. The molecule has 34 heavy (non-hydrogen) atoms. The first kappa shape index (κ1) is 22.6. The second-order valence-electron chi connectivity index (χ2n) is 9.03. The van der Waals surface area contributed by atoms with E-state index < -0.39 is 16.1 Å². The normalized spacial score (nSPS) is 20.8. The van der Waals surface area contributed by atoms with Crippen LogP contribution in [0.1, 0.15) is 50.5 Å². The van der Waals surface area contributed by atoms with Gasteiger partial charge < -0.3 is 9.32 Å². The van der Waals surface area contributed by atoms with Crippen LogP contribution >= 0.6 is 0 Å². The Morgan fingerprint density at radius 3 is 2.62 bits per heavy atom. The number of aliphatic imine (C=N–C) groups is 1. The third kappa shape index (κ3) is 4.09. The highest BCUT2D eigenvalue weighted by Crippen LogP contribution is 2.31. The smallest absolute Gasteiger partial charge is 0.263 e. The summed E-state index contributed by atoms with van der Waals surface area (Å²) >= 11 is 0. The molecule has 1 saturated heterocycles. The molecule has 3 heterocycles. The summed E-state index contributed by atoms with van der Waals surface area (Å²) in [4.78, 5) is 24.9. The maximum absolute atomic E-state index is 13.5. The van der Waals surface area contributed by atoms with Gasteiger partial charge in [-0.05, 0) is 43.0 Å². The van der Waals surface area contributed by atoms with E-state index in [9.17, 15) is 13.2 Å². The maximum Gasteiger partial charge on any atom is 0.263 e. The molecule has 1 fully saturated rings. The van der Waals surface area contributed by atoms with Crippen molar-refractivity contribution in [2.45, 2.75) is 50.0 Å². The van der Waals surface area contributed by atoms with E-state index in [1.165, 1.54) is 0 Å². The molecule has 0 saturated carbocycles. The van der Waals surface area contributed by atoms with Crippen molar-refractivity contribution in [1.82, 2.24) is 14.6 Å². The van der Waals surface area contributed by atoms with Crippen LogP contribution in [0.2, 0.25) is 0 Å². The van der Waals surface area contributed by atoms with Crippen molar-refractivity contribution < 1.29 is 17.6 Å². The molecule has 2 aromatic carbocycles. The molecule has 1 aromatic heterocycles. The molecule has 0 radical (unpaired) electrons. The Kier molecular flexibility index (Phi) is 5.89. The average Bonchev–Trinajstić information content (AvgIpc) is 3.40. The maximum atomic E-state index is 13.5. The van der Waals surface area contributed by atoms with E-state index >= 15 is 0 Å². The van der Waals surface area contributed by atoms with Crippen molar-refractivity contribution in [2.24, 2.45) is 10.9 Å². The van der Waals surface area contributed by atoms with Gasteiger partial charge in [-0.25, -0.2) is 13.4 Å². The number of hydrogen-bond acceptors (Lipinski definition) is 6. The van der Waals surface area contributed by atoms with Crippen LogP contribution in [-0.4, -0.2) is 49.2 Å². The standard InChI is InChI=1S/C25H28N4O4S/c1-3-16(2)22(27-23-18-8-4-7-11-21(18)34(31,32)28-23)25(30)29-14-12-17(13-15-29)24-26-19-9-5-6-10-20(19)33-24/h4-11,16-17,22H,3,12-15H2,1-2H3,(H,27,28)/t16-,22-/m0/s1. The van der Waals surface area contributed by atoms with Crippen LogP contribution in [-0.2, 0) is 14.8 Å². The van der Waals surface area contributed by atoms with Crippen molar-refractivity contribution in [1.29, 1.82) is 0 Å². The number of amidine groups is 1. The average molecular weight is 481 g/mol. The Balaban J connectivity index is 1.34. The van der Waals surface area contributed by atoms with Gasteiger partial charge in [-0.1, -0.05) is 44.5 Å². The van der Waals surface area contributed by atoms with E-state index in [-0.39, 0.29) is 28.5 Å². The highest BCUT2D eigenvalue weighted by molar-refractivity contribution is 7.90. The number of fused-ring (bicyclic) bond motifs is 2. The summed E-state index contributed by atoms with van der Waals surface area (Å²) in [6, 6.07) is 13.8. The molecule has 1 amide bonds. The van der Waals surface area contributed by atoms with Gasteiger partial charge in [0, 0.05) is 24.6 Å². The lowest BCUT2D eigenvalue weighted by Gasteiger charge is -2.33. The lowest BCUT2D eigenvalue weighted by molar-refractivity contribution is -0.134. The predicted octanol–water partition coefficient (Wildman–Crippen LogP) is 3.69. The second-order valence-corrected chi connectivity index (χ2v) is 10.7. The van der Waals surface area contributed by atoms with Crippen molar-refractivity contribution in [3.63, 3.8) is 0 Å². The fourth-order valence-corrected chi connectivity index (χ4v) is 5.86. The van der Waals surface area contributed by atoms with E-state index in [1.807, 2.05) is 43.0 Å². The molecule has 0 unspecified atom stereocenters. The monoisotopic (exact) mass is 480 g/mol. The van der Waals surface area contributed by atoms with E-state index in [2.05, 4.69) is 14.7 Å². The number of nitrogens with one attached hydrogen (secondary N) is 1. The summed E-state index contributed by atoms with van der Waals surface area (Å²) in [6.45, 7) is 5.16. The number of benzene rings is 2. The topological polar surface area (TPSA) is 105 Å². The van der Waals surface area contributed by atoms with Crippen molar-refractivity contribution in [3.05, 3.63) is 60.0 Å². The quantitative estimate of drug-likeness (QED) is 0.600. The molecule has 2 aliphatic heterocycles. The highest BCUT2D eigenvalue weighted by atomic mass is 32.2. The SMILES string of the molecule is CC[C@H](C)[C@H](N=C1NS(=O)(=O)c2ccccc21)C(=O)N1CCC(c2nc3ccccc3o2)CC1. The van der Waals surface area contributed by atoms with Crippen LogP contribution in [0.4, 0.5) is 0 Å². The minimum absolute atomic E-state index is 0.0352. The summed E-state index contributed by atoms with van der Waals surface area (Å²) in [6.07, 6.45) is 2.27. The summed E-state index contributed by atoms with van der Waals surface area (Å²) < 4.78 is 33.5. The largest absolute Gasteiger partial charge is 0.440 e. The zero-order valence-electron chi connectivity index (χ0n) is 19.3. The number of amides is 1. The Hall–Kier alpha value is -3.20. The number of nitrogens with zero attached hydrogens (tertiary/aromatic N) is 3. The number of aromatic nitrogens is 1. The van der Waals surface area contributed by atoms with Crippen LogP contribution in [0.25, 0.3) is 11.1 Å². The second kappa shape index (κ2) is 8.87. The molecule has 5 rings (SSSR count). The van der Waals surface area contributed by atoms with Crippen molar-refractivity contribution in [2.75, 3.05) is 13.1 Å². The highest BCUT2D eigenvalue weighted by Gasteiger charge is 2.36. The van der Waals surface area contributed by atoms with Crippen LogP contribution < -0.4 is 4.72 Å². The summed E-state index contributed by atoms with van der Waals surface area (Å²) in [5.41, 5.74) is 2.14. The van der Waals surface area contributed by atoms with Gasteiger partial charge >= 0.3 is 0 Å². The van der Waals surface area contributed by atoms with Crippen LogP contribution in [0, 0.1) is 5.92 Å². The summed E-state index contributed by atoms with van der Waals surface area (Å²) in [5.74, 6) is 1.03. The zero-order chi connectivity index (χ0) is 23.9.